The number of anilines is 1. The molecule has 29 heavy (non-hydrogen) atoms. The number of nitrogens with zero attached hydrogens (tertiary/aromatic N) is 1. The third kappa shape index (κ3) is 6.65. The number of rotatable bonds is 8. The molecule has 2 aromatic carbocycles. The van der Waals surface area contributed by atoms with Crippen LogP contribution in [0.4, 0.5) is 5.69 Å². The van der Waals surface area contributed by atoms with Crippen LogP contribution < -0.4 is 5.32 Å². The topological polar surface area (TPSA) is 49.4 Å². The van der Waals surface area contributed by atoms with Crippen LogP contribution in [0.15, 0.2) is 59.5 Å². The van der Waals surface area contributed by atoms with E-state index in [2.05, 4.69) is 27.9 Å². The smallest absolute Gasteiger partial charge is 0.266 e. The van der Waals surface area contributed by atoms with E-state index in [0.29, 0.717) is 22.2 Å². The lowest BCUT2D eigenvalue weighted by molar-refractivity contribution is -0.122. The summed E-state index contributed by atoms with van der Waals surface area (Å²) in [5, 5.41) is 2.91. The van der Waals surface area contributed by atoms with Gasteiger partial charge in [0.15, 0.2) is 0 Å². The van der Waals surface area contributed by atoms with Crippen LogP contribution in [0, 0.1) is 3.57 Å². The second-order valence-corrected chi connectivity index (χ2v) is 9.53. The zero-order chi connectivity index (χ0) is 20.6. The van der Waals surface area contributed by atoms with Crippen molar-refractivity contribution in [3.63, 3.8) is 0 Å². The highest BCUT2D eigenvalue weighted by atomic mass is 127. The minimum absolute atomic E-state index is 0.0163. The summed E-state index contributed by atoms with van der Waals surface area (Å²) < 4.78 is 1.74. The van der Waals surface area contributed by atoms with Gasteiger partial charge in [0.2, 0.25) is 5.91 Å². The number of carbonyl (C=O) groups excluding carboxylic acids is 2. The van der Waals surface area contributed by atoms with Gasteiger partial charge in [0.05, 0.1) is 4.91 Å². The maximum atomic E-state index is 12.6. The molecule has 0 unspecified atom stereocenters. The predicted molar refractivity (Wildman–Crippen MR) is 133 cm³/mol. The minimum Gasteiger partial charge on any atom is -0.326 e. The van der Waals surface area contributed by atoms with Gasteiger partial charge in [-0.3, -0.25) is 14.5 Å². The Balaban J connectivity index is 1.39. The highest BCUT2D eigenvalue weighted by molar-refractivity contribution is 14.1. The summed E-state index contributed by atoms with van der Waals surface area (Å²) in [4.78, 5) is 27.0. The molecule has 2 aromatic rings. The maximum absolute atomic E-state index is 12.6. The van der Waals surface area contributed by atoms with Gasteiger partial charge >= 0.3 is 0 Å². The van der Waals surface area contributed by atoms with E-state index in [-0.39, 0.29) is 11.8 Å². The SMILES string of the molecule is O=C(CCCCCN1C(=O)C(=Cc2ccccc2)SC1=S)Nc1ccc(I)cc1. The molecule has 0 bridgehead atoms. The van der Waals surface area contributed by atoms with Crippen LogP contribution in [0.1, 0.15) is 31.2 Å². The van der Waals surface area contributed by atoms with Crippen molar-refractivity contribution in [3.05, 3.63) is 68.6 Å². The lowest BCUT2D eigenvalue weighted by Crippen LogP contribution is -2.29. The molecule has 0 spiro atoms. The van der Waals surface area contributed by atoms with Gasteiger partial charge in [-0.1, -0.05) is 60.7 Å². The molecule has 0 aromatic heterocycles. The standard InChI is InChI=1S/C22H21IN2O2S2/c23-17-10-12-18(13-11-17)24-20(26)9-5-2-6-14-25-21(27)19(29-22(25)28)15-16-7-3-1-4-8-16/h1,3-4,7-8,10-13,15H,2,5-6,9,14H2,(H,24,26). The second kappa shape index (κ2) is 10.9. The van der Waals surface area contributed by atoms with Crippen molar-refractivity contribution in [2.75, 3.05) is 11.9 Å². The highest BCUT2D eigenvalue weighted by Gasteiger charge is 2.31. The zero-order valence-corrected chi connectivity index (χ0v) is 19.6. The number of thiocarbonyl (C=S) groups is 1. The van der Waals surface area contributed by atoms with Gasteiger partial charge in [-0.25, -0.2) is 0 Å². The van der Waals surface area contributed by atoms with Gasteiger partial charge in [0.25, 0.3) is 5.91 Å². The fourth-order valence-corrected chi connectivity index (χ4v) is 4.55. The zero-order valence-electron chi connectivity index (χ0n) is 15.8. The minimum atomic E-state index is -0.0275. The molecule has 0 saturated carbocycles. The summed E-state index contributed by atoms with van der Waals surface area (Å²) in [6.45, 7) is 0.593. The fourth-order valence-electron chi connectivity index (χ4n) is 2.88. The summed E-state index contributed by atoms with van der Waals surface area (Å²) >= 11 is 8.96. The Labute approximate surface area is 194 Å². The van der Waals surface area contributed by atoms with Crippen molar-refractivity contribution >= 4 is 74.5 Å². The number of hydrogen-bond acceptors (Lipinski definition) is 4. The van der Waals surface area contributed by atoms with E-state index in [1.54, 1.807) is 4.90 Å². The average Bonchev–Trinajstić information content (AvgIpc) is 2.97. The monoisotopic (exact) mass is 536 g/mol. The lowest BCUT2D eigenvalue weighted by atomic mass is 10.1. The summed E-state index contributed by atoms with van der Waals surface area (Å²) in [7, 11) is 0. The number of thioether (sulfide) groups is 1. The molecule has 0 aliphatic carbocycles. The van der Waals surface area contributed by atoms with Crippen molar-refractivity contribution in [3.8, 4) is 0 Å². The van der Waals surface area contributed by atoms with E-state index >= 15 is 0 Å². The van der Waals surface area contributed by atoms with Crippen LogP contribution >= 0.6 is 46.6 Å². The van der Waals surface area contributed by atoms with Gasteiger partial charge in [0.1, 0.15) is 4.32 Å². The number of amides is 2. The summed E-state index contributed by atoms with van der Waals surface area (Å²) in [6, 6.07) is 17.5. The molecule has 1 aliphatic rings. The van der Waals surface area contributed by atoms with Crippen molar-refractivity contribution in [1.82, 2.24) is 4.90 Å². The summed E-state index contributed by atoms with van der Waals surface area (Å²) in [5.41, 5.74) is 1.81. The molecule has 7 heteroatoms. The van der Waals surface area contributed by atoms with E-state index < -0.39 is 0 Å². The van der Waals surface area contributed by atoms with E-state index in [1.807, 2.05) is 60.7 Å². The Morgan fingerprint density at radius 3 is 2.52 bits per heavy atom. The van der Waals surface area contributed by atoms with Crippen LogP contribution in [0.2, 0.25) is 0 Å². The predicted octanol–water partition coefficient (Wildman–Crippen LogP) is 5.69. The van der Waals surface area contributed by atoms with E-state index in [1.165, 1.54) is 11.8 Å². The molecule has 1 heterocycles. The molecule has 1 fully saturated rings. The Kier molecular flexibility index (Phi) is 8.26. The largest absolute Gasteiger partial charge is 0.326 e. The highest BCUT2D eigenvalue weighted by Crippen LogP contribution is 2.32. The van der Waals surface area contributed by atoms with Crippen molar-refractivity contribution in [1.29, 1.82) is 0 Å². The van der Waals surface area contributed by atoms with E-state index in [9.17, 15) is 9.59 Å². The molecule has 150 valence electrons. The Bertz CT molecular complexity index is 914. The number of benzene rings is 2. The lowest BCUT2D eigenvalue weighted by Gasteiger charge is -2.14. The van der Waals surface area contributed by atoms with Crippen molar-refractivity contribution in [2.24, 2.45) is 0 Å². The first-order valence-corrected chi connectivity index (χ1v) is 11.7. The first kappa shape index (κ1) is 22.0. The second-order valence-electron chi connectivity index (χ2n) is 6.61. The number of carbonyl (C=O) groups is 2. The first-order chi connectivity index (χ1) is 14.0. The normalized spacial score (nSPS) is 15.2. The number of unbranched alkanes of at least 4 members (excludes halogenated alkanes) is 2. The van der Waals surface area contributed by atoms with E-state index in [4.69, 9.17) is 12.2 Å². The van der Waals surface area contributed by atoms with Crippen molar-refractivity contribution in [2.45, 2.75) is 25.7 Å². The van der Waals surface area contributed by atoms with Gasteiger partial charge in [-0.05, 0) is 71.3 Å². The van der Waals surface area contributed by atoms with Crippen LogP contribution in [0.3, 0.4) is 0 Å². The van der Waals surface area contributed by atoms with Crippen LogP contribution in [-0.2, 0) is 9.59 Å². The molecule has 4 nitrogen and oxygen atoms in total. The maximum Gasteiger partial charge on any atom is 0.266 e. The van der Waals surface area contributed by atoms with Crippen LogP contribution in [-0.4, -0.2) is 27.6 Å². The van der Waals surface area contributed by atoms with Crippen LogP contribution in [0.25, 0.3) is 6.08 Å². The molecule has 1 aliphatic heterocycles. The third-order valence-corrected chi connectivity index (χ3v) is 6.48. The molecular weight excluding hydrogens is 515 g/mol. The quantitative estimate of drug-likeness (QED) is 0.204. The molecule has 2 amide bonds. The Morgan fingerprint density at radius 2 is 1.79 bits per heavy atom. The summed E-state index contributed by atoms with van der Waals surface area (Å²) in [5.74, 6) is -0.0112. The molecule has 0 atom stereocenters. The van der Waals surface area contributed by atoms with Gasteiger partial charge < -0.3 is 5.32 Å². The number of halogens is 1. The van der Waals surface area contributed by atoms with Gasteiger partial charge in [0, 0.05) is 22.2 Å². The fraction of sp³-hybridized carbons (Fsp3) is 0.227. The summed E-state index contributed by atoms with van der Waals surface area (Å²) in [6.07, 6.45) is 4.83. The third-order valence-electron chi connectivity index (χ3n) is 4.38. The van der Waals surface area contributed by atoms with Gasteiger partial charge in [-0.15, -0.1) is 0 Å². The Morgan fingerprint density at radius 1 is 1.07 bits per heavy atom. The first-order valence-electron chi connectivity index (χ1n) is 9.39. The molecule has 1 saturated heterocycles. The molecule has 0 radical (unpaired) electrons. The molecular formula is C22H21IN2O2S2. The molecule has 1 N–H and O–H groups in total. The van der Waals surface area contributed by atoms with Crippen molar-refractivity contribution < 1.29 is 9.59 Å². The number of hydrogen-bond donors (Lipinski definition) is 1. The number of nitrogens with one attached hydrogen (secondary N) is 1. The Hall–Kier alpha value is -1.71. The molecule has 3 rings (SSSR count). The van der Waals surface area contributed by atoms with Crippen LogP contribution in [0.5, 0.6) is 0 Å². The van der Waals surface area contributed by atoms with E-state index in [0.717, 1.165) is 34.1 Å². The average molecular weight is 536 g/mol. The van der Waals surface area contributed by atoms with Gasteiger partial charge in [-0.2, -0.15) is 0 Å².